The molecular weight excluding hydrogens is 500 g/mol. The van der Waals surface area contributed by atoms with E-state index in [1.165, 1.54) is 7.11 Å². The monoisotopic (exact) mass is 524 g/mol. The van der Waals surface area contributed by atoms with Crippen molar-refractivity contribution >= 4 is 34.6 Å². The predicted molar refractivity (Wildman–Crippen MR) is 144 cm³/mol. The minimum Gasteiger partial charge on any atom is -0.469 e. The molecule has 0 fully saturated rings. The highest BCUT2D eigenvalue weighted by molar-refractivity contribution is 7.15. The number of amides is 1. The van der Waals surface area contributed by atoms with E-state index in [0.717, 1.165) is 32.3 Å². The number of benzene rings is 2. The Labute approximate surface area is 223 Å². The first-order valence-electron chi connectivity index (χ1n) is 11.9. The number of hydrogen-bond donors (Lipinski definition) is 1. The van der Waals surface area contributed by atoms with Crippen LogP contribution in [0.15, 0.2) is 53.5 Å². The number of nitriles is 1. The van der Waals surface area contributed by atoms with Gasteiger partial charge < -0.3 is 10.1 Å². The van der Waals surface area contributed by atoms with Gasteiger partial charge in [0, 0.05) is 27.3 Å². The van der Waals surface area contributed by atoms with E-state index in [0.29, 0.717) is 28.5 Å². The van der Waals surface area contributed by atoms with E-state index >= 15 is 0 Å². The highest BCUT2D eigenvalue weighted by Crippen LogP contribution is 2.39. The summed E-state index contributed by atoms with van der Waals surface area (Å²) in [4.78, 5) is 31.2. The van der Waals surface area contributed by atoms with Crippen molar-refractivity contribution in [1.82, 2.24) is 14.8 Å². The quantitative estimate of drug-likeness (QED) is 0.373. The van der Waals surface area contributed by atoms with Crippen molar-refractivity contribution in [2.24, 2.45) is 4.99 Å². The molecule has 1 aliphatic heterocycles. The lowest BCUT2D eigenvalue weighted by atomic mass is 9.99. The molecule has 0 saturated heterocycles. The first-order valence-corrected chi connectivity index (χ1v) is 12.7. The van der Waals surface area contributed by atoms with Crippen LogP contribution in [0.2, 0.25) is 0 Å². The average Bonchev–Trinajstić information content (AvgIpc) is 3.40. The summed E-state index contributed by atoms with van der Waals surface area (Å²) in [7, 11) is 1.35. The number of esters is 1. The fourth-order valence-corrected chi connectivity index (χ4v) is 5.62. The van der Waals surface area contributed by atoms with Crippen LogP contribution in [-0.2, 0) is 9.53 Å². The van der Waals surface area contributed by atoms with E-state index in [9.17, 15) is 9.59 Å². The van der Waals surface area contributed by atoms with E-state index in [1.54, 1.807) is 35.6 Å². The summed E-state index contributed by atoms with van der Waals surface area (Å²) in [6.45, 7) is 6.01. The summed E-state index contributed by atoms with van der Waals surface area (Å²) in [6, 6.07) is 15.4. The molecule has 0 radical (unpaired) electrons. The molecule has 1 amide bonds. The molecule has 9 nitrogen and oxygen atoms in total. The number of carbonyl (C=O) groups excluding carboxylic acids is 2. The minimum atomic E-state index is -0.579. The molecule has 1 aliphatic rings. The maximum absolute atomic E-state index is 12.7. The van der Waals surface area contributed by atoms with Gasteiger partial charge in [0.05, 0.1) is 30.9 Å². The van der Waals surface area contributed by atoms with Crippen molar-refractivity contribution in [2.45, 2.75) is 33.2 Å². The molecule has 38 heavy (non-hydrogen) atoms. The first-order chi connectivity index (χ1) is 18.3. The second-order valence-corrected chi connectivity index (χ2v) is 10.1. The van der Waals surface area contributed by atoms with Gasteiger partial charge in [-0.05, 0) is 56.7 Å². The molecule has 4 aromatic rings. The lowest BCUT2D eigenvalue weighted by molar-refractivity contribution is -0.141. The number of nitrogens with one attached hydrogen (secondary N) is 1. The number of aliphatic imine (C=N–C) groups is 1. The van der Waals surface area contributed by atoms with E-state index in [-0.39, 0.29) is 18.3 Å². The number of rotatable bonds is 5. The Morgan fingerprint density at radius 3 is 2.61 bits per heavy atom. The molecular formula is C28H24N6O3S. The number of hydrogen-bond acceptors (Lipinski definition) is 8. The third-order valence-electron chi connectivity index (χ3n) is 6.50. The summed E-state index contributed by atoms with van der Waals surface area (Å²) in [5.74, 6) is 0.614. The molecule has 0 saturated carbocycles. The maximum atomic E-state index is 12.7. The SMILES string of the molecule is COC(=O)C[C@@H]1N=C(c2ccc(NC(=O)c3cccc(C#N)c3)cc2)c2c(sc(C)c2C)-n2c(C)nnc21. The molecule has 0 aliphatic carbocycles. The van der Waals surface area contributed by atoms with E-state index in [2.05, 4.69) is 29.4 Å². The third kappa shape index (κ3) is 4.48. The summed E-state index contributed by atoms with van der Waals surface area (Å²) in [6.07, 6.45) is 0.0288. The number of nitrogens with zero attached hydrogens (tertiary/aromatic N) is 5. The second kappa shape index (κ2) is 10.0. The molecule has 1 N–H and O–H groups in total. The van der Waals surface area contributed by atoms with E-state index in [4.69, 9.17) is 15.0 Å². The number of ether oxygens (including phenoxy) is 1. The van der Waals surface area contributed by atoms with Gasteiger partial charge in [-0.25, -0.2) is 0 Å². The van der Waals surface area contributed by atoms with Crippen LogP contribution < -0.4 is 5.32 Å². The zero-order valence-corrected chi connectivity index (χ0v) is 22.1. The number of carbonyl (C=O) groups is 2. The molecule has 2 aromatic carbocycles. The topological polar surface area (TPSA) is 122 Å². The van der Waals surface area contributed by atoms with Gasteiger partial charge in [-0.2, -0.15) is 5.26 Å². The standard InChI is InChI=1S/C28H24N6O3S/c1-15-16(2)38-28-24(15)25(31-22(13-23(35)37-4)26-33-32-17(3)34(26)28)19-8-10-21(11-9-19)30-27(36)20-7-5-6-18(12-20)14-29/h5-12,22H,13H2,1-4H3,(H,30,36)/t22-/m0/s1. The number of aryl methyl sites for hydroxylation is 2. The Bertz CT molecular complexity index is 1640. The van der Waals surface area contributed by atoms with Crippen LogP contribution in [-0.4, -0.2) is 39.5 Å². The van der Waals surface area contributed by atoms with E-state index in [1.807, 2.05) is 41.8 Å². The van der Waals surface area contributed by atoms with Crippen molar-refractivity contribution in [3.05, 3.63) is 92.9 Å². The van der Waals surface area contributed by atoms with Gasteiger partial charge in [-0.3, -0.25) is 19.1 Å². The molecule has 0 bridgehead atoms. The molecule has 5 rings (SSSR count). The summed E-state index contributed by atoms with van der Waals surface area (Å²) < 4.78 is 6.92. The Morgan fingerprint density at radius 1 is 1.13 bits per heavy atom. The Balaban J connectivity index is 1.54. The number of aromatic nitrogens is 3. The van der Waals surface area contributed by atoms with Crippen molar-refractivity contribution in [3.63, 3.8) is 0 Å². The zero-order chi connectivity index (χ0) is 27.0. The second-order valence-electron chi connectivity index (χ2n) is 8.90. The normalized spacial score (nSPS) is 14.0. The molecule has 10 heteroatoms. The number of fused-ring (bicyclic) bond motifs is 3. The molecule has 2 aromatic heterocycles. The average molecular weight is 525 g/mol. The Hall–Kier alpha value is -4.62. The van der Waals surface area contributed by atoms with Crippen LogP contribution in [0.25, 0.3) is 5.00 Å². The molecule has 0 unspecified atom stereocenters. The van der Waals surface area contributed by atoms with Gasteiger partial charge in [-0.15, -0.1) is 21.5 Å². The first kappa shape index (κ1) is 25.0. The predicted octanol–water partition coefficient (Wildman–Crippen LogP) is 4.83. The summed E-state index contributed by atoms with van der Waals surface area (Å²) in [5.41, 5.74) is 5.06. The van der Waals surface area contributed by atoms with Crippen molar-refractivity contribution in [3.8, 4) is 11.1 Å². The number of thiophene rings is 1. The molecule has 0 spiro atoms. The van der Waals surface area contributed by atoms with Gasteiger partial charge in [0.2, 0.25) is 0 Å². The molecule has 1 atom stereocenters. The van der Waals surface area contributed by atoms with Gasteiger partial charge in [0.1, 0.15) is 16.9 Å². The molecule has 190 valence electrons. The highest BCUT2D eigenvalue weighted by Gasteiger charge is 2.32. The minimum absolute atomic E-state index is 0.0288. The fourth-order valence-electron chi connectivity index (χ4n) is 4.41. The van der Waals surface area contributed by atoms with Crippen molar-refractivity contribution in [1.29, 1.82) is 5.26 Å². The van der Waals surface area contributed by atoms with Gasteiger partial charge >= 0.3 is 5.97 Å². The van der Waals surface area contributed by atoms with E-state index < -0.39 is 6.04 Å². The van der Waals surface area contributed by atoms with Gasteiger partial charge in [0.15, 0.2) is 5.82 Å². The van der Waals surface area contributed by atoms with Crippen molar-refractivity contribution in [2.75, 3.05) is 12.4 Å². The van der Waals surface area contributed by atoms with Crippen LogP contribution in [0.1, 0.15) is 61.6 Å². The smallest absolute Gasteiger partial charge is 0.308 e. The lowest BCUT2D eigenvalue weighted by Crippen LogP contribution is -2.13. The largest absolute Gasteiger partial charge is 0.469 e. The fraction of sp³-hybridized carbons (Fsp3) is 0.214. The lowest BCUT2D eigenvalue weighted by Gasteiger charge is -2.12. The van der Waals surface area contributed by atoms with Crippen LogP contribution in [0.5, 0.6) is 0 Å². The third-order valence-corrected chi connectivity index (χ3v) is 7.69. The summed E-state index contributed by atoms with van der Waals surface area (Å²) >= 11 is 1.63. The summed E-state index contributed by atoms with van der Waals surface area (Å²) in [5, 5.41) is 21.6. The van der Waals surface area contributed by atoms with Gasteiger partial charge in [0.25, 0.3) is 5.91 Å². The van der Waals surface area contributed by atoms with Crippen molar-refractivity contribution < 1.29 is 14.3 Å². The Kier molecular flexibility index (Phi) is 6.61. The highest BCUT2D eigenvalue weighted by atomic mass is 32.1. The zero-order valence-electron chi connectivity index (χ0n) is 21.3. The van der Waals surface area contributed by atoms with Crippen LogP contribution in [0.3, 0.4) is 0 Å². The van der Waals surface area contributed by atoms with Crippen LogP contribution in [0.4, 0.5) is 5.69 Å². The van der Waals surface area contributed by atoms with Crippen LogP contribution >= 0.6 is 11.3 Å². The Morgan fingerprint density at radius 2 is 1.89 bits per heavy atom. The van der Waals surface area contributed by atoms with Gasteiger partial charge in [-0.1, -0.05) is 18.2 Å². The maximum Gasteiger partial charge on any atom is 0.308 e. The van der Waals surface area contributed by atoms with Crippen LogP contribution in [0, 0.1) is 32.1 Å². The number of methoxy groups -OCH3 is 1. The number of anilines is 1. The molecule has 3 heterocycles.